The standard InChI is InChI=1S/C31H27BrF3N3O3.C2HF3O2/c32-23-13-7-20(8-14-23)17-37-16-4-15-30(29(37)41)25-24(26(36-30)21-9-11-22(12-10-21)31(33,34)35)27(39)38(28(25)40)18-19-5-2-1-3-6-19;3-2(4,5)1(6)7/h1-3,5-14,24-26,36H,4,15-18H2;(H,6,7)/t24-,25-,26-,30-;/m1./s1. The van der Waals surface area contributed by atoms with Crippen LogP contribution in [-0.4, -0.2) is 56.9 Å². The van der Waals surface area contributed by atoms with Crippen molar-refractivity contribution in [2.24, 2.45) is 11.8 Å². The molecule has 3 fully saturated rings. The van der Waals surface area contributed by atoms with Gasteiger partial charge in [-0.2, -0.15) is 26.3 Å². The molecule has 4 atom stereocenters. The quantitative estimate of drug-likeness (QED) is 0.242. The average Bonchev–Trinajstić information content (AvgIpc) is 3.50. The first-order valence-electron chi connectivity index (χ1n) is 14.7. The van der Waals surface area contributed by atoms with Crippen molar-refractivity contribution in [2.75, 3.05) is 6.54 Å². The zero-order valence-electron chi connectivity index (χ0n) is 24.9. The van der Waals surface area contributed by atoms with Crippen LogP contribution in [0.4, 0.5) is 26.3 Å². The average molecular weight is 740 g/mol. The van der Waals surface area contributed by atoms with Crippen molar-refractivity contribution in [1.29, 1.82) is 0 Å². The molecule has 254 valence electrons. The van der Waals surface area contributed by atoms with Crippen molar-refractivity contribution >= 4 is 39.6 Å². The van der Waals surface area contributed by atoms with Crippen LogP contribution in [0.2, 0.25) is 0 Å². The van der Waals surface area contributed by atoms with Gasteiger partial charge in [0.1, 0.15) is 5.54 Å². The van der Waals surface area contributed by atoms with Crippen LogP contribution in [0, 0.1) is 11.8 Å². The summed E-state index contributed by atoms with van der Waals surface area (Å²) in [7, 11) is 0. The molecular weight excluding hydrogens is 712 g/mol. The van der Waals surface area contributed by atoms with Crippen molar-refractivity contribution in [3.63, 3.8) is 0 Å². The summed E-state index contributed by atoms with van der Waals surface area (Å²) in [5, 5.41) is 10.5. The number of carbonyl (C=O) groups excluding carboxylic acids is 3. The van der Waals surface area contributed by atoms with E-state index in [4.69, 9.17) is 9.90 Å². The van der Waals surface area contributed by atoms with Crippen LogP contribution >= 0.6 is 15.9 Å². The van der Waals surface area contributed by atoms with E-state index in [-0.39, 0.29) is 12.5 Å². The van der Waals surface area contributed by atoms with Crippen molar-refractivity contribution < 1.29 is 50.6 Å². The van der Waals surface area contributed by atoms with Gasteiger partial charge in [-0.05, 0) is 53.8 Å². The van der Waals surface area contributed by atoms with Crippen LogP contribution < -0.4 is 5.32 Å². The number of halogens is 7. The number of likely N-dealkylation sites (tertiary alicyclic amines) is 2. The van der Waals surface area contributed by atoms with Gasteiger partial charge in [-0.1, -0.05) is 70.5 Å². The summed E-state index contributed by atoms with van der Waals surface area (Å²) in [5.41, 5.74) is -0.0185. The molecule has 3 amide bonds. The van der Waals surface area contributed by atoms with E-state index in [9.17, 15) is 40.7 Å². The Hall–Kier alpha value is -4.24. The molecule has 0 bridgehead atoms. The summed E-state index contributed by atoms with van der Waals surface area (Å²) < 4.78 is 72.5. The molecule has 3 aromatic carbocycles. The number of carboxylic acids is 1. The number of carboxylic acid groups (broad SMARTS) is 1. The number of piperidine rings is 1. The fourth-order valence-electron chi connectivity index (χ4n) is 6.58. The second kappa shape index (κ2) is 13.3. The minimum Gasteiger partial charge on any atom is -0.475 e. The van der Waals surface area contributed by atoms with E-state index in [0.717, 1.165) is 27.7 Å². The number of imide groups is 1. The topological polar surface area (TPSA) is 107 Å². The molecule has 3 aromatic rings. The molecule has 0 unspecified atom stereocenters. The third-order valence-corrected chi connectivity index (χ3v) is 9.25. The van der Waals surface area contributed by atoms with Gasteiger partial charge in [0, 0.05) is 23.6 Å². The Bertz CT molecular complexity index is 1690. The summed E-state index contributed by atoms with van der Waals surface area (Å²) in [6, 6.07) is 20.6. The predicted molar refractivity (Wildman–Crippen MR) is 162 cm³/mol. The summed E-state index contributed by atoms with van der Waals surface area (Å²) in [6.07, 6.45) is -8.64. The van der Waals surface area contributed by atoms with E-state index in [1.165, 1.54) is 17.0 Å². The lowest BCUT2D eigenvalue weighted by Crippen LogP contribution is -2.63. The molecule has 3 heterocycles. The van der Waals surface area contributed by atoms with E-state index >= 15 is 0 Å². The van der Waals surface area contributed by atoms with Crippen LogP contribution in [-0.2, 0) is 38.4 Å². The molecule has 3 saturated heterocycles. The van der Waals surface area contributed by atoms with Gasteiger partial charge in [0.15, 0.2) is 0 Å². The maximum Gasteiger partial charge on any atom is 0.490 e. The van der Waals surface area contributed by atoms with E-state index in [2.05, 4.69) is 21.2 Å². The number of benzene rings is 3. The van der Waals surface area contributed by atoms with Crippen molar-refractivity contribution in [3.05, 3.63) is 106 Å². The maximum absolute atomic E-state index is 14.3. The molecule has 0 saturated carbocycles. The number of amides is 3. The van der Waals surface area contributed by atoms with Gasteiger partial charge in [-0.3, -0.25) is 24.6 Å². The third kappa shape index (κ3) is 6.97. The highest BCUT2D eigenvalue weighted by molar-refractivity contribution is 9.10. The molecule has 6 rings (SSSR count). The summed E-state index contributed by atoms with van der Waals surface area (Å²) in [6.45, 7) is 0.905. The molecule has 1 spiro atoms. The molecule has 3 aliphatic heterocycles. The second-order valence-electron chi connectivity index (χ2n) is 11.7. The van der Waals surface area contributed by atoms with Crippen LogP contribution in [0.1, 0.15) is 41.1 Å². The lowest BCUT2D eigenvalue weighted by atomic mass is 9.74. The Morgan fingerprint density at radius 2 is 1.44 bits per heavy atom. The molecule has 15 heteroatoms. The fourth-order valence-corrected chi connectivity index (χ4v) is 6.84. The monoisotopic (exact) mass is 739 g/mol. The lowest BCUT2D eigenvalue weighted by molar-refractivity contribution is -0.192. The van der Waals surface area contributed by atoms with Crippen LogP contribution in [0.15, 0.2) is 83.3 Å². The Morgan fingerprint density at radius 3 is 2.00 bits per heavy atom. The van der Waals surface area contributed by atoms with Gasteiger partial charge >= 0.3 is 18.3 Å². The number of carbonyl (C=O) groups is 4. The number of rotatable bonds is 5. The number of nitrogens with one attached hydrogen (secondary N) is 1. The van der Waals surface area contributed by atoms with Gasteiger partial charge < -0.3 is 10.0 Å². The number of hydrogen-bond acceptors (Lipinski definition) is 5. The Labute approximate surface area is 278 Å². The minimum absolute atomic E-state index is 0.0676. The summed E-state index contributed by atoms with van der Waals surface area (Å²) in [5.74, 6) is -5.75. The van der Waals surface area contributed by atoms with Crippen molar-refractivity contribution in [2.45, 2.75) is 49.9 Å². The normalized spacial score (nSPS) is 24.1. The fraction of sp³-hybridized carbons (Fsp3) is 0.333. The van der Waals surface area contributed by atoms with Crippen LogP contribution in [0.3, 0.4) is 0 Å². The minimum atomic E-state index is -5.08. The molecule has 0 aromatic heterocycles. The van der Waals surface area contributed by atoms with Gasteiger partial charge in [0.05, 0.1) is 23.9 Å². The zero-order valence-corrected chi connectivity index (χ0v) is 26.5. The SMILES string of the molecule is O=C(O)C(F)(F)F.O=C1[C@H]2[C@@H](c3ccc(C(F)(F)F)cc3)N[C@]3(CCCN(Cc4ccc(Br)cc4)C3=O)[C@H]2C(=O)N1Cc1ccccc1. The highest BCUT2D eigenvalue weighted by Crippen LogP contribution is 2.52. The molecular formula is C33H28BrF6N3O5. The van der Waals surface area contributed by atoms with Crippen LogP contribution in [0.5, 0.6) is 0 Å². The predicted octanol–water partition coefficient (Wildman–Crippen LogP) is 6.11. The number of aliphatic carboxylic acids is 1. The van der Waals surface area contributed by atoms with E-state index in [1.807, 2.05) is 54.6 Å². The largest absolute Gasteiger partial charge is 0.490 e. The molecule has 48 heavy (non-hydrogen) atoms. The smallest absolute Gasteiger partial charge is 0.475 e. The van der Waals surface area contributed by atoms with E-state index < -0.39 is 59.1 Å². The van der Waals surface area contributed by atoms with Gasteiger partial charge in [0.25, 0.3) is 0 Å². The first kappa shape index (κ1) is 35.1. The molecule has 0 radical (unpaired) electrons. The summed E-state index contributed by atoms with van der Waals surface area (Å²) >= 11 is 3.42. The highest BCUT2D eigenvalue weighted by Gasteiger charge is 2.69. The second-order valence-corrected chi connectivity index (χ2v) is 12.6. The lowest BCUT2D eigenvalue weighted by Gasteiger charge is -2.42. The van der Waals surface area contributed by atoms with Crippen molar-refractivity contribution in [3.8, 4) is 0 Å². The van der Waals surface area contributed by atoms with Crippen LogP contribution in [0.25, 0.3) is 0 Å². The first-order chi connectivity index (χ1) is 22.5. The molecule has 2 N–H and O–H groups in total. The van der Waals surface area contributed by atoms with Gasteiger partial charge in [-0.25, -0.2) is 4.79 Å². The molecule has 0 aliphatic carbocycles. The Balaban J connectivity index is 0.000000582. The Kier molecular flexibility index (Phi) is 9.75. The van der Waals surface area contributed by atoms with E-state index in [0.29, 0.717) is 31.5 Å². The maximum atomic E-state index is 14.3. The summed E-state index contributed by atoms with van der Waals surface area (Å²) in [4.78, 5) is 54.0. The molecule has 8 nitrogen and oxygen atoms in total. The van der Waals surface area contributed by atoms with Gasteiger partial charge in [0.2, 0.25) is 17.7 Å². The number of hydrogen-bond donors (Lipinski definition) is 2. The molecule has 3 aliphatic rings. The van der Waals surface area contributed by atoms with Gasteiger partial charge in [-0.15, -0.1) is 0 Å². The first-order valence-corrected chi connectivity index (χ1v) is 15.5. The number of fused-ring (bicyclic) bond motifs is 2. The number of nitrogens with zero attached hydrogens (tertiary/aromatic N) is 2. The third-order valence-electron chi connectivity index (χ3n) is 8.72. The van der Waals surface area contributed by atoms with E-state index in [1.54, 1.807) is 4.90 Å². The number of alkyl halides is 6. The zero-order chi connectivity index (χ0) is 35.0. The Morgan fingerprint density at radius 1 is 0.854 bits per heavy atom. The van der Waals surface area contributed by atoms with Crippen molar-refractivity contribution in [1.82, 2.24) is 15.1 Å². The highest BCUT2D eigenvalue weighted by atomic mass is 79.9.